The highest BCUT2D eigenvalue weighted by atomic mass is 32.2. The number of hydrogen-bond donors (Lipinski definition) is 1. The van der Waals surface area contributed by atoms with Crippen molar-refractivity contribution < 1.29 is 26.7 Å². The molecule has 0 saturated heterocycles. The highest BCUT2D eigenvalue weighted by molar-refractivity contribution is 7.89. The molecule has 146 valence electrons. The van der Waals surface area contributed by atoms with Crippen LogP contribution < -0.4 is 14.4 Å². The van der Waals surface area contributed by atoms with E-state index >= 15 is 0 Å². The van der Waals surface area contributed by atoms with Crippen LogP contribution in [0.4, 0.5) is 14.5 Å². The van der Waals surface area contributed by atoms with Crippen molar-refractivity contribution in [2.45, 2.75) is 18.7 Å². The van der Waals surface area contributed by atoms with Crippen molar-refractivity contribution in [1.82, 2.24) is 4.72 Å². The van der Waals surface area contributed by atoms with E-state index in [9.17, 15) is 22.0 Å². The smallest absolute Gasteiger partial charge is 0.240 e. The summed E-state index contributed by atoms with van der Waals surface area (Å²) >= 11 is 0. The predicted molar refractivity (Wildman–Crippen MR) is 97.3 cm³/mol. The first-order chi connectivity index (χ1) is 12.7. The van der Waals surface area contributed by atoms with Crippen LogP contribution in [-0.4, -0.2) is 34.5 Å². The Labute approximate surface area is 156 Å². The second kappa shape index (κ2) is 8.45. The topological polar surface area (TPSA) is 75.7 Å². The van der Waals surface area contributed by atoms with Crippen LogP contribution in [-0.2, 0) is 14.8 Å². The Bertz CT molecular complexity index is 948. The third-order valence-corrected chi connectivity index (χ3v) is 5.50. The molecule has 0 heterocycles. The van der Waals surface area contributed by atoms with Gasteiger partial charge in [0.15, 0.2) is 0 Å². The van der Waals surface area contributed by atoms with Gasteiger partial charge < -0.3 is 9.64 Å². The molecule has 0 radical (unpaired) electrons. The van der Waals surface area contributed by atoms with Gasteiger partial charge in [-0.05, 0) is 42.8 Å². The van der Waals surface area contributed by atoms with E-state index in [0.717, 1.165) is 17.0 Å². The Morgan fingerprint density at radius 3 is 2.44 bits per heavy atom. The largest absolute Gasteiger partial charge is 0.497 e. The van der Waals surface area contributed by atoms with Gasteiger partial charge in [0.1, 0.15) is 17.4 Å². The molecule has 0 aliphatic rings. The number of halogens is 2. The lowest BCUT2D eigenvalue weighted by atomic mass is 10.2. The number of nitrogens with one attached hydrogen (secondary N) is 1. The molecule has 0 aliphatic carbocycles. The fourth-order valence-electron chi connectivity index (χ4n) is 2.57. The number of ether oxygens (including phenoxy) is 1. The molecule has 0 aromatic heterocycles. The van der Waals surface area contributed by atoms with Crippen LogP contribution in [0.2, 0.25) is 0 Å². The fraction of sp³-hybridized carbons (Fsp3) is 0.278. The third kappa shape index (κ3) is 5.01. The zero-order valence-corrected chi connectivity index (χ0v) is 15.9. The van der Waals surface area contributed by atoms with Gasteiger partial charge in [0.25, 0.3) is 0 Å². The van der Waals surface area contributed by atoms with Crippen molar-refractivity contribution in [3.05, 3.63) is 53.6 Å². The Morgan fingerprint density at radius 1 is 1.19 bits per heavy atom. The molecule has 6 nitrogen and oxygen atoms in total. The van der Waals surface area contributed by atoms with Crippen LogP contribution in [0.15, 0.2) is 41.3 Å². The lowest BCUT2D eigenvalue weighted by molar-refractivity contribution is -0.116. The summed E-state index contributed by atoms with van der Waals surface area (Å²) in [4.78, 5) is 12.9. The minimum Gasteiger partial charge on any atom is -0.497 e. The summed E-state index contributed by atoms with van der Waals surface area (Å²) < 4.78 is 59.4. The van der Waals surface area contributed by atoms with Crippen LogP contribution in [0, 0.1) is 18.6 Å². The number of rotatable bonds is 7. The summed E-state index contributed by atoms with van der Waals surface area (Å²) in [5, 5.41) is 0. The normalized spacial score (nSPS) is 11.3. The van der Waals surface area contributed by atoms with E-state index in [1.807, 2.05) is 0 Å². The molecule has 0 atom stereocenters. The highest BCUT2D eigenvalue weighted by Gasteiger charge is 2.20. The molecule has 0 fully saturated rings. The number of nitrogens with zero attached hydrogens (tertiary/aromatic N) is 1. The van der Waals surface area contributed by atoms with Crippen molar-refractivity contribution in [1.29, 1.82) is 0 Å². The quantitative estimate of drug-likeness (QED) is 0.778. The van der Waals surface area contributed by atoms with Crippen molar-refractivity contribution in [3.63, 3.8) is 0 Å². The summed E-state index contributed by atoms with van der Waals surface area (Å²) in [7, 11) is -2.36. The van der Waals surface area contributed by atoms with Crippen molar-refractivity contribution in [2.24, 2.45) is 0 Å². The molecule has 2 aromatic carbocycles. The average molecular weight is 398 g/mol. The lowest BCUT2D eigenvalue weighted by Crippen LogP contribution is -2.38. The Morgan fingerprint density at radius 2 is 1.89 bits per heavy atom. The Balaban J connectivity index is 2.13. The first kappa shape index (κ1) is 20.8. The first-order valence-electron chi connectivity index (χ1n) is 8.03. The molecule has 9 heteroatoms. The van der Waals surface area contributed by atoms with Gasteiger partial charge in [-0.15, -0.1) is 0 Å². The summed E-state index contributed by atoms with van der Waals surface area (Å²) in [6.45, 7) is 2.58. The number of anilines is 1. The van der Waals surface area contributed by atoms with Gasteiger partial charge in [-0.2, -0.15) is 0 Å². The number of amides is 1. The van der Waals surface area contributed by atoms with Gasteiger partial charge in [-0.3, -0.25) is 4.79 Å². The van der Waals surface area contributed by atoms with Crippen LogP contribution >= 0.6 is 0 Å². The first-order valence-corrected chi connectivity index (χ1v) is 9.51. The van der Waals surface area contributed by atoms with Crippen molar-refractivity contribution >= 4 is 21.6 Å². The van der Waals surface area contributed by atoms with Crippen LogP contribution in [0.5, 0.6) is 5.75 Å². The average Bonchev–Trinajstić information content (AvgIpc) is 2.59. The molecule has 1 N–H and O–H groups in total. The summed E-state index contributed by atoms with van der Waals surface area (Å²) in [5.41, 5.74) is 0.374. The summed E-state index contributed by atoms with van der Waals surface area (Å²) in [6, 6.07) is 7.35. The lowest BCUT2D eigenvalue weighted by Gasteiger charge is -2.22. The van der Waals surface area contributed by atoms with Crippen LogP contribution in [0.25, 0.3) is 0 Å². The van der Waals surface area contributed by atoms with Gasteiger partial charge >= 0.3 is 0 Å². The van der Waals surface area contributed by atoms with E-state index in [2.05, 4.69) is 4.72 Å². The predicted octanol–water partition coefficient (Wildman–Crippen LogP) is 2.61. The molecule has 0 aliphatic heterocycles. The highest BCUT2D eigenvalue weighted by Crippen LogP contribution is 2.22. The van der Waals surface area contributed by atoms with Gasteiger partial charge in [-0.1, -0.05) is 0 Å². The molecule has 1 amide bonds. The maximum atomic E-state index is 13.9. The maximum absolute atomic E-state index is 13.9. The SMILES string of the molecule is COc1ccc(S(=O)(=O)NCCN(C(C)=O)c2ccc(F)cc2F)c(C)c1. The summed E-state index contributed by atoms with van der Waals surface area (Å²) in [5.74, 6) is -1.64. The van der Waals surface area contributed by atoms with E-state index < -0.39 is 27.6 Å². The van der Waals surface area contributed by atoms with E-state index in [0.29, 0.717) is 17.4 Å². The van der Waals surface area contributed by atoms with E-state index in [1.54, 1.807) is 13.0 Å². The molecule has 0 saturated carbocycles. The van der Waals surface area contributed by atoms with E-state index in [1.165, 1.54) is 26.2 Å². The second-order valence-electron chi connectivity index (χ2n) is 5.80. The van der Waals surface area contributed by atoms with Crippen LogP contribution in [0.3, 0.4) is 0 Å². The molecule has 0 spiro atoms. The van der Waals surface area contributed by atoms with Gasteiger partial charge in [0.2, 0.25) is 15.9 Å². The van der Waals surface area contributed by atoms with Gasteiger partial charge in [0.05, 0.1) is 17.7 Å². The number of hydrogen-bond acceptors (Lipinski definition) is 4. The Kier molecular flexibility index (Phi) is 6.50. The number of benzene rings is 2. The monoisotopic (exact) mass is 398 g/mol. The van der Waals surface area contributed by atoms with E-state index in [-0.39, 0.29) is 23.7 Å². The number of sulfonamides is 1. The van der Waals surface area contributed by atoms with Crippen molar-refractivity contribution in [3.8, 4) is 5.75 Å². The zero-order valence-electron chi connectivity index (χ0n) is 15.1. The minimum atomic E-state index is -3.83. The minimum absolute atomic E-state index is 0.0747. The van der Waals surface area contributed by atoms with Crippen LogP contribution in [0.1, 0.15) is 12.5 Å². The standard InChI is InChI=1S/C18H20F2N2O4S/c1-12-10-15(26-3)5-7-18(12)27(24,25)21-8-9-22(13(2)23)17-6-4-14(19)11-16(17)20/h4-7,10-11,21H,8-9H2,1-3H3. The Hall–Kier alpha value is -2.52. The fourth-order valence-corrected chi connectivity index (χ4v) is 3.81. The molecular weight excluding hydrogens is 378 g/mol. The van der Waals surface area contributed by atoms with Gasteiger partial charge in [-0.25, -0.2) is 21.9 Å². The molecule has 2 aromatic rings. The number of carbonyl (C=O) groups is 1. The second-order valence-corrected chi connectivity index (χ2v) is 7.53. The van der Waals surface area contributed by atoms with Crippen molar-refractivity contribution in [2.75, 3.05) is 25.1 Å². The molecular formula is C18H20F2N2O4S. The maximum Gasteiger partial charge on any atom is 0.240 e. The molecule has 27 heavy (non-hydrogen) atoms. The number of methoxy groups -OCH3 is 1. The van der Waals surface area contributed by atoms with E-state index in [4.69, 9.17) is 4.74 Å². The third-order valence-electron chi connectivity index (χ3n) is 3.88. The molecule has 0 bridgehead atoms. The van der Waals surface area contributed by atoms with Gasteiger partial charge in [0, 0.05) is 26.1 Å². The molecule has 0 unspecified atom stereocenters. The summed E-state index contributed by atoms with van der Waals surface area (Å²) in [6.07, 6.45) is 0. The number of carbonyl (C=O) groups excluding carboxylic acids is 1. The number of aryl methyl sites for hydroxylation is 1. The molecule has 2 rings (SSSR count). The zero-order chi connectivity index (χ0) is 20.2.